The number of β-amino-alcohol motifs (C(OH)–C–C–N with tert-alkyl or cyclic N) is 1. The van der Waals surface area contributed by atoms with Crippen molar-refractivity contribution in [1.82, 2.24) is 4.90 Å². The lowest BCUT2D eigenvalue weighted by molar-refractivity contribution is -0.00384. The molecule has 0 unspecified atom stereocenters. The van der Waals surface area contributed by atoms with Crippen LogP contribution in [-0.4, -0.2) is 27.6 Å². The van der Waals surface area contributed by atoms with E-state index >= 15 is 0 Å². The molecule has 0 bridgehead atoms. The Hall–Kier alpha value is -2.17. The maximum Gasteiger partial charge on any atom is 0.256 e. The van der Waals surface area contributed by atoms with Gasteiger partial charge in [0.05, 0.1) is 12.6 Å². The first-order valence-electron chi connectivity index (χ1n) is 6.49. The third-order valence-electron chi connectivity index (χ3n) is 3.58. The lowest BCUT2D eigenvalue weighted by atomic mass is 10.1. The molecule has 0 aliphatic carbocycles. The highest BCUT2D eigenvalue weighted by Gasteiger charge is 2.36. The molecule has 2 aromatic rings. The van der Waals surface area contributed by atoms with E-state index in [9.17, 15) is 15.0 Å². The van der Waals surface area contributed by atoms with E-state index in [-0.39, 0.29) is 12.5 Å². The van der Waals surface area contributed by atoms with Crippen molar-refractivity contribution < 1.29 is 15.0 Å². The molecule has 0 saturated carbocycles. The van der Waals surface area contributed by atoms with Gasteiger partial charge in [-0.2, -0.15) is 0 Å². The minimum atomic E-state index is -0.989. The number of rotatable bonds is 3. The third-order valence-corrected chi connectivity index (χ3v) is 3.58. The molecule has 1 aliphatic rings. The number of hydrogen-bond acceptors (Lipinski definition) is 3. The number of fused-ring (bicyclic) bond motifs is 1. The van der Waals surface area contributed by atoms with Gasteiger partial charge in [-0.3, -0.25) is 4.79 Å². The van der Waals surface area contributed by atoms with Crippen LogP contribution in [0.2, 0.25) is 0 Å². The largest absolute Gasteiger partial charge is 0.387 e. The summed E-state index contributed by atoms with van der Waals surface area (Å²) in [6, 6.07) is 16.1. The second-order valence-corrected chi connectivity index (χ2v) is 4.84. The van der Waals surface area contributed by atoms with Gasteiger partial charge >= 0.3 is 0 Å². The van der Waals surface area contributed by atoms with Crippen LogP contribution >= 0.6 is 0 Å². The van der Waals surface area contributed by atoms with Crippen LogP contribution in [0.3, 0.4) is 0 Å². The van der Waals surface area contributed by atoms with Crippen LogP contribution in [0.15, 0.2) is 54.6 Å². The first kappa shape index (κ1) is 12.8. The Morgan fingerprint density at radius 1 is 1.05 bits per heavy atom. The van der Waals surface area contributed by atoms with E-state index in [4.69, 9.17) is 0 Å². The molecule has 102 valence electrons. The monoisotopic (exact) mass is 269 g/mol. The van der Waals surface area contributed by atoms with Gasteiger partial charge in [-0.1, -0.05) is 48.5 Å². The topological polar surface area (TPSA) is 60.8 Å². The number of benzene rings is 2. The van der Waals surface area contributed by atoms with Gasteiger partial charge < -0.3 is 15.1 Å². The molecule has 0 aromatic heterocycles. The van der Waals surface area contributed by atoms with E-state index < -0.39 is 12.3 Å². The number of nitrogens with zero attached hydrogens (tertiary/aromatic N) is 1. The van der Waals surface area contributed by atoms with E-state index in [0.29, 0.717) is 11.1 Å². The molecule has 0 spiro atoms. The van der Waals surface area contributed by atoms with Crippen LogP contribution in [-0.2, 0) is 0 Å². The van der Waals surface area contributed by atoms with Crippen LogP contribution in [0.4, 0.5) is 0 Å². The first-order valence-corrected chi connectivity index (χ1v) is 6.49. The van der Waals surface area contributed by atoms with E-state index in [2.05, 4.69) is 0 Å². The molecule has 2 atom stereocenters. The van der Waals surface area contributed by atoms with Crippen LogP contribution < -0.4 is 0 Å². The molecule has 1 amide bonds. The summed E-state index contributed by atoms with van der Waals surface area (Å²) in [5.74, 6) is -0.247. The maximum absolute atomic E-state index is 12.2. The van der Waals surface area contributed by atoms with E-state index in [0.717, 1.165) is 5.56 Å². The summed E-state index contributed by atoms with van der Waals surface area (Å²) in [6.07, 6.45) is -1.80. The molecular formula is C16H15NO3. The van der Waals surface area contributed by atoms with Crippen molar-refractivity contribution in [2.75, 3.05) is 6.54 Å². The van der Waals surface area contributed by atoms with Crippen LogP contribution in [0.25, 0.3) is 0 Å². The van der Waals surface area contributed by atoms with Crippen LogP contribution in [0, 0.1) is 0 Å². The van der Waals surface area contributed by atoms with Crippen LogP contribution in [0.1, 0.15) is 33.8 Å². The third kappa shape index (κ3) is 2.09. The first-order chi connectivity index (χ1) is 9.68. The predicted octanol–water partition coefficient (Wildman–Crippen LogP) is 1.87. The highest BCUT2D eigenvalue weighted by molar-refractivity contribution is 5.98. The molecule has 2 aromatic carbocycles. The summed E-state index contributed by atoms with van der Waals surface area (Å²) in [7, 11) is 0. The van der Waals surface area contributed by atoms with Gasteiger partial charge in [-0.25, -0.2) is 0 Å². The minimum Gasteiger partial charge on any atom is -0.387 e. The molecule has 0 saturated heterocycles. The number of carbonyl (C=O) groups is 1. The quantitative estimate of drug-likeness (QED) is 0.894. The van der Waals surface area contributed by atoms with Crippen molar-refractivity contribution in [3.8, 4) is 0 Å². The maximum atomic E-state index is 12.2. The lowest BCUT2D eigenvalue weighted by Crippen LogP contribution is -2.32. The fourth-order valence-electron chi connectivity index (χ4n) is 2.50. The van der Waals surface area contributed by atoms with Gasteiger partial charge in [0, 0.05) is 11.1 Å². The molecule has 0 radical (unpaired) electrons. The number of aliphatic hydroxyl groups excluding tert-OH is 2. The highest BCUT2D eigenvalue weighted by Crippen LogP contribution is 2.32. The van der Waals surface area contributed by atoms with Crippen molar-refractivity contribution in [2.24, 2.45) is 0 Å². The zero-order valence-corrected chi connectivity index (χ0v) is 10.8. The highest BCUT2D eigenvalue weighted by atomic mass is 16.3. The molecule has 1 aliphatic heterocycles. The second kappa shape index (κ2) is 5.07. The average Bonchev–Trinajstić information content (AvgIpc) is 2.74. The molecule has 0 fully saturated rings. The molecule has 4 heteroatoms. The second-order valence-electron chi connectivity index (χ2n) is 4.84. The van der Waals surface area contributed by atoms with E-state index in [1.807, 2.05) is 18.2 Å². The summed E-state index contributed by atoms with van der Waals surface area (Å²) in [5.41, 5.74) is 1.82. The van der Waals surface area contributed by atoms with Gasteiger partial charge in [0.2, 0.25) is 0 Å². The molecule has 2 N–H and O–H groups in total. The van der Waals surface area contributed by atoms with E-state index in [1.165, 1.54) is 4.90 Å². The zero-order chi connectivity index (χ0) is 14.1. The molecule has 20 heavy (non-hydrogen) atoms. The van der Waals surface area contributed by atoms with Crippen molar-refractivity contribution in [2.45, 2.75) is 12.3 Å². The summed E-state index contributed by atoms with van der Waals surface area (Å²) < 4.78 is 0. The van der Waals surface area contributed by atoms with E-state index in [1.54, 1.807) is 36.4 Å². The molecule has 3 rings (SSSR count). The smallest absolute Gasteiger partial charge is 0.256 e. The van der Waals surface area contributed by atoms with Crippen molar-refractivity contribution >= 4 is 5.91 Å². The Balaban J connectivity index is 1.82. The average molecular weight is 269 g/mol. The number of carbonyl (C=O) groups excluding carboxylic acids is 1. The normalized spacial score (nSPS) is 19.0. The Labute approximate surface area is 116 Å². The molecule has 1 heterocycles. The molecule has 4 nitrogen and oxygen atoms in total. The predicted molar refractivity (Wildman–Crippen MR) is 73.8 cm³/mol. The van der Waals surface area contributed by atoms with Gasteiger partial charge in [0.25, 0.3) is 5.91 Å². The minimum absolute atomic E-state index is 0.0681. The van der Waals surface area contributed by atoms with Crippen molar-refractivity contribution in [3.63, 3.8) is 0 Å². The lowest BCUT2D eigenvalue weighted by Gasteiger charge is -2.24. The Kier molecular flexibility index (Phi) is 3.26. The summed E-state index contributed by atoms with van der Waals surface area (Å²) >= 11 is 0. The van der Waals surface area contributed by atoms with Crippen molar-refractivity contribution in [1.29, 1.82) is 0 Å². The Morgan fingerprint density at radius 3 is 2.40 bits per heavy atom. The SMILES string of the molecule is O=C1c2ccccc2[C@@H](O)N1C[C@H](O)c1ccccc1. The Bertz CT molecular complexity index is 627. The summed E-state index contributed by atoms with van der Waals surface area (Å²) in [5, 5.41) is 20.4. The van der Waals surface area contributed by atoms with Gasteiger partial charge in [-0.05, 0) is 11.6 Å². The number of aliphatic hydroxyl groups is 2. The van der Waals surface area contributed by atoms with Crippen molar-refractivity contribution in [3.05, 3.63) is 71.3 Å². The van der Waals surface area contributed by atoms with Gasteiger partial charge in [0.15, 0.2) is 6.23 Å². The van der Waals surface area contributed by atoms with Gasteiger partial charge in [0.1, 0.15) is 0 Å². The Morgan fingerprint density at radius 2 is 1.70 bits per heavy atom. The number of amides is 1. The van der Waals surface area contributed by atoms with Crippen LogP contribution in [0.5, 0.6) is 0 Å². The fourth-order valence-corrected chi connectivity index (χ4v) is 2.50. The van der Waals surface area contributed by atoms with Gasteiger partial charge in [-0.15, -0.1) is 0 Å². The fraction of sp³-hybridized carbons (Fsp3) is 0.188. The summed E-state index contributed by atoms with van der Waals surface area (Å²) in [4.78, 5) is 13.5. The molecular weight excluding hydrogens is 254 g/mol. The summed E-state index contributed by atoms with van der Waals surface area (Å²) in [6.45, 7) is 0.0681. The number of hydrogen-bond donors (Lipinski definition) is 2. The standard InChI is InChI=1S/C16H15NO3/c18-14(11-6-2-1-3-7-11)10-17-15(19)12-8-4-5-9-13(12)16(17)20/h1-9,14-15,18-19H,10H2/t14-,15+/m0/s1. The zero-order valence-electron chi connectivity index (χ0n) is 10.8.